The summed E-state index contributed by atoms with van der Waals surface area (Å²) in [6, 6.07) is 0. The van der Waals surface area contributed by atoms with Gasteiger partial charge in [0.2, 0.25) is 27.7 Å². The Labute approximate surface area is 214 Å². The third-order valence-electron chi connectivity index (χ3n) is 5.37. The molecule has 3 aromatic heterocycles. The molecule has 15 heteroatoms. The van der Waals surface area contributed by atoms with E-state index in [0.29, 0.717) is 10.8 Å². The van der Waals surface area contributed by atoms with Crippen LogP contribution in [-0.2, 0) is 14.8 Å². The molecule has 1 N–H and O–H groups in total. The highest BCUT2D eigenvalue weighted by Crippen LogP contribution is 2.35. The van der Waals surface area contributed by atoms with Crippen LogP contribution in [0.2, 0.25) is 5.02 Å². The summed E-state index contributed by atoms with van der Waals surface area (Å²) in [7, 11) is -1.19. The number of methoxy groups -OCH3 is 2. The van der Waals surface area contributed by atoms with Gasteiger partial charge in [0.15, 0.2) is 11.5 Å². The Hall–Kier alpha value is -3.10. The van der Waals surface area contributed by atoms with Crippen molar-refractivity contribution in [2.75, 3.05) is 18.9 Å². The Balaban J connectivity index is 2.09. The molecular weight excluding hydrogens is 512 g/mol. The minimum atomic E-state index is -4.03. The predicted molar refractivity (Wildman–Crippen MR) is 132 cm³/mol. The molecule has 36 heavy (non-hydrogen) atoms. The zero-order chi connectivity index (χ0) is 26.6. The third-order valence-corrected chi connectivity index (χ3v) is 7.42. The fraction of sp³-hybridized carbons (Fsp3) is 0.524. The van der Waals surface area contributed by atoms with Crippen LogP contribution in [0, 0.1) is 0 Å². The molecule has 3 rings (SSSR count). The van der Waals surface area contributed by atoms with Crippen LogP contribution in [0.3, 0.4) is 0 Å². The summed E-state index contributed by atoms with van der Waals surface area (Å²) in [5, 5.41) is 7.72. The first kappa shape index (κ1) is 27.5. The van der Waals surface area contributed by atoms with Gasteiger partial charge in [-0.05, 0) is 27.7 Å². The van der Waals surface area contributed by atoms with E-state index in [1.54, 1.807) is 20.8 Å². The lowest BCUT2D eigenvalue weighted by Gasteiger charge is -2.22. The summed E-state index contributed by atoms with van der Waals surface area (Å²) in [6.07, 6.45) is 3.38. The van der Waals surface area contributed by atoms with Gasteiger partial charge in [0, 0.05) is 18.3 Å². The van der Waals surface area contributed by atoms with Crippen molar-refractivity contribution in [3.05, 3.63) is 35.4 Å². The maximum Gasteiger partial charge on any atom is 0.245 e. The van der Waals surface area contributed by atoms with E-state index in [1.807, 2.05) is 13.8 Å². The second-order valence-corrected chi connectivity index (χ2v) is 10.7. The maximum atomic E-state index is 13.4. The standard InChI is InChI=1S/C21H29ClN8O5S/c1-11(2)35-13(4)18-27-28-21(30(18)16-19(33-6)25-10-26-20(16)34-7)29-36(31,32)14(5)12(3)17-23-8-15(22)9-24-17/h8-14H,1-7H3,(H,28,29)/t12-,13-,14-/m0/s1. The highest BCUT2D eigenvalue weighted by molar-refractivity contribution is 7.93. The van der Waals surface area contributed by atoms with Crippen LogP contribution < -0.4 is 14.2 Å². The van der Waals surface area contributed by atoms with Crippen LogP contribution in [-0.4, -0.2) is 68.7 Å². The first-order valence-corrected chi connectivity index (χ1v) is 13.0. The summed E-state index contributed by atoms with van der Waals surface area (Å²) in [6.45, 7) is 8.76. The lowest BCUT2D eigenvalue weighted by molar-refractivity contribution is 0.0119. The molecule has 3 heterocycles. The van der Waals surface area contributed by atoms with E-state index in [2.05, 4.69) is 34.9 Å². The smallest absolute Gasteiger partial charge is 0.245 e. The van der Waals surface area contributed by atoms with Gasteiger partial charge >= 0.3 is 0 Å². The number of halogens is 1. The number of aromatic nitrogens is 7. The van der Waals surface area contributed by atoms with Crippen molar-refractivity contribution in [3.8, 4) is 17.4 Å². The van der Waals surface area contributed by atoms with Crippen molar-refractivity contribution < 1.29 is 22.6 Å². The first-order valence-electron chi connectivity index (χ1n) is 11.0. The van der Waals surface area contributed by atoms with E-state index in [1.165, 1.54) is 37.5 Å². The number of anilines is 1. The van der Waals surface area contributed by atoms with Gasteiger partial charge in [-0.3, -0.25) is 9.29 Å². The number of hydrogen-bond acceptors (Lipinski definition) is 11. The largest absolute Gasteiger partial charge is 0.479 e. The number of rotatable bonds is 11. The zero-order valence-corrected chi connectivity index (χ0v) is 22.6. The fourth-order valence-corrected chi connectivity index (χ4v) is 4.74. The van der Waals surface area contributed by atoms with Crippen molar-refractivity contribution in [1.82, 2.24) is 34.7 Å². The quantitative estimate of drug-likeness (QED) is 0.381. The van der Waals surface area contributed by atoms with E-state index in [0.717, 1.165) is 0 Å². The third kappa shape index (κ3) is 5.82. The number of hydrogen-bond donors (Lipinski definition) is 1. The van der Waals surface area contributed by atoms with Crippen molar-refractivity contribution >= 4 is 27.6 Å². The maximum absolute atomic E-state index is 13.4. The van der Waals surface area contributed by atoms with Gasteiger partial charge < -0.3 is 14.2 Å². The van der Waals surface area contributed by atoms with Crippen LogP contribution in [0.25, 0.3) is 5.69 Å². The normalized spacial score (nSPS) is 14.4. The van der Waals surface area contributed by atoms with Crippen molar-refractivity contribution in [3.63, 3.8) is 0 Å². The Bertz CT molecular complexity index is 1260. The lowest BCUT2D eigenvalue weighted by atomic mass is 10.1. The molecule has 0 aromatic carbocycles. The molecule has 0 fully saturated rings. The highest BCUT2D eigenvalue weighted by atomic mass is 35.5. The molecule has 0 amide bonds. The molecule has 0 aliphatic rings. The topological polar surface area (TPSA) is 156 Å². The summed E-state index contributed by atoms with van der Waals surface area (Å²) >= 11 is 5.86. The zero-order valence-electron chi connectivity index (χ0n) is 21.0. The SMILES string of the molecule is COc1ncnc(OC)c1-n1c(NS(=O)(=O)[C@@H](C)[C@H](C)c2ncc(Cl)cn2)nnc1[C@H](C)OC(C)C. The van der Waals surface area contributed by atoms with Crippen LogP contribution in [0.5, 0.6) is 11.8 Å². The number of nitrogens with zero attached hydrogens (tertiary/aromatic N) is 7. The molecule has 13 nitrogen and oxygen atoms in total. The van der Waals surface area contributed by atoms with E-state index in [4.69, 9.17) is 25.8 Å². The van der Waals surface area contributed by atoms with Crippen LogP contribution in [0.4, 0.5) is 5.95 Å². The summed E-state index contributed by atoms with van der Waals surface area (Å²) in [5.41, 5.74) is 0.209. The molecule has 196 valence electrons. The van der Waals surface area contributed by atoms with Gasteiger partial charge in [0.05, 0.1) is 30.6 Å². The van der Waals surface area contributed by atoms with Gasteiger partial charge in [0.25, 0.3) is 0 Å². The minimum absolute atomic E-state index is 0.119. The predicted octanol–water partition coefficient (Wildman–Crippen LogP) is 2.94. The molecule has 0 radical (unpaired) electrons. The van der Waals surface area contributed by atoms with E-state index in [-0.39, 0.29) is 35.3 Å². The van der Waals surface area contributed by atoms with E-state index >= 15 is 0 Å². The summed E-state index contributed by atoms with van der Waals surface area (Å²) in [5.74, 6) is 0.175. The molecule has 0 spiro atoms. The summed E-state index contributed by atoms with van der Waals surface area (Å²) in [4.78, 5) is 16.6. The van der Waals surface area contributed by atoms with Crippen molar-refractivity contribution in [1.29, 1.82) is 0 Å². The van der Waals surface area contributed by atoms with Crippen LogP contribution >= 0.6 is 11.6 Å². The Kier molecular flexibility index (Phi) is 8.63. The molecule has 0 aliphatic heterocycles. The number of nitrogens with one attached hydrogen (secondary N) is 1. The number of sulfonamides is 1. The number of ether oxygens (including phenoxy) is 3. The van der Waals surface area contributed by atoms with Gasteiger partial charge in [0.1, 0.15) is 18.3 Å². The Morgan fingerprint density at radius 2 is 1.53 bits per heavy atom. The van der Waals surface area contributed by atoms with Crippen molar-refractivity contribution in [2.24, 2.45) is 0 Å². The lowest BCUT2D eigenvalue weighted by Crippen LogP contribution is -2.31. The van der Waals surface area contributed by atoms with Gasteiger partial charge in [-0.15, -0.1) is 10.2 Å². The average Bonchev–Trinajstić information content (AvgIpc) is 3.24. The Morgan fingerprint density at radius 3 is 2.06 bits per heavy atom. The molecule has 0 saturated carbocycles. The summed E-state index contributed by atoms with van der Waals surface area (Å²) < 4.78 is 47.5. The van der Waals surface area contributed by atoms with Gasteiger partial charge in [-0.1, -0.05) is 18.5 Å². The van der Waals surface area contributed by atoms with Gasteiger partial charge in [-0.25, -0.2) is 18.4 Å². The molecule has 0 aliphatic carbocycles. The monoisotopic (exact) mass is 540 g/mol. The molecular formula is C21H29ClN8O5S. The van der Waals surface area contributed by atoms with Crippen LogP contribution in [0.15, 0.2) is 18.7 Å². The van der Waals surface area contributed by atoms with Gasteiger partial charge in [-0.2, -0.15) is 9.97 Å². The molecule has 0 bridgehead atoms. The average molecular weight is 541 g/mol. The molecule has 0 unspecified atom stereocenters. The Morgan fingerprint density at radius 1 is 0.944 bits per heavy atom. The van der Waals surface area contributed by atoms with Crippen LogP contribution in [0.1, 0.15) is 58.3 Å². The van der Waals surface area contributed by atoms with Crippen molar-refractivity contribution in [2.45, 2.75) is 58.0 Å². The molecule has 3 atom stereocenters. The minimum Gasteiger partial charge on any atom is -0.479 e. The highest BCUT2D eigenvalue weighted by Gasteiger charge is 2.33. The van der Waals surface area contributed by atoms with E-state index in [9.17, 15) is 8.42 Å². The molecule has 3 aromatic rings. The second kappa shape index (κ2) is 11.3. The fourth-order valence-electron chi connectivity index (χ4n) is 3.41. The molecule has 0 saturated heterocycles. The first-order chi connectivity index (χ1) is 17.0. The second-order valence-electron chi connectivity index (χ2n) is 8.19. The van der Waals surface area contributed by atoms with E-state index < -0.39 is 27.3 Å².